The van der Waals surface area contributed by atoms with E-state index in [0.717, 1.165) is 12.1 Å². The number of aromatic hydroxyl groups is 1. The molecule has 0 spiro atoms. The van der Waals surface area contributed by atoms with Crippen LogP contribution >= 0.6 is 27.5 Å². The number of phenols is 1. The average molecular weight is 423 g/mol. The minimum Gasteiger partial charge on any atom is -0.502 e. The summed E-state index contributed by atoms with van der Waals surface area (Å²) < 4.78 is 0.318. The summed E-state index contributed by atoms with van der Waals surface area (Å²) in [6.07, 6.45) is 1.07. The average Bonchev–Trinajstić information content (AvgIpc) is 2.56. The van der Waals surface area contributed by atoms with Gasteiger partial charge in [0.2, 0.25) is 5.75 Å². The first kappa shape index (κ1) is 18.4. The van der Waals surface area contributed by atoms with Crippen LogP contribution in [0.1, 0.15) is 5.56 Å². The van der Waals surface area contributed by atoms with Gasteiger partial charge in [-0.2, -0.15) is 5.26 Å². The van der Waals surface area contributed by atoms with Gasteiger partial charge in [-0.15, -0.1) is 0 Å². The first-order chi connectivity index (χ1) is 11.8. The Bertz CT molecular complexity index is 920. The van der Waals surface area contributed by atoms with Crippen molar-refractivity contribution < 1.29 is 14.8 Å². The molecule has 0 saturated carbocycles. The molecule has 1 amide bonds. The van der Waals surface area contributed by atoms with E-state index in [4.69, 9.17) is 11.6 Å². The van der Waals surface area contributed by atoms with Crippen molar-refractivity contribution in [1.82, 2.24) is 0 Å². The first-order valence-corrected chi connectivity index (χ1v) is 7.84. The number of phenolic OH excluding ortho intramolecular Hbond substituents is 1. The zero-order valence-corrected chi connectivity index (χ0v) is 14.7. The van der Waals surface area contributed by atoms with Crippen LogP contribution in [0.5, 0.6) is 5.75 Å². The molecular weight excluding hydrogens is 414 g/mol. The van der Waals surface area contributed by atoms with Crippen molar-refractivity contribution >= 4 is 50.9 Å². The number of benzene rings is 2. The van der Waals surface area contributed by atoms with Gasteiger partial charge in [-0.3, -0.25) is 14.9 Å². The van der Waals surface area contributed by atoms with Crippen LogP contribution in [0, 0.1) is 21.4 Å². The highest BCUT2D eigenvalue weighted by Gasteiger charge is 2.19. The normalized spacial score (nSPS) is 10.8. The van der Waals surface area contributed by atoms with Gasteiger partial charge in [0.05, 0.1) is 4.92 Å². The third-order valence-corrected chi connectivity index (χ3v) is 3.76. The van der Waals surface area contributed by atoms with Gasteiger partial charge in [0.15, 0.2) is 0 Å². The molecule has 126 valence electrons. The number of halogens is 2. The molecule has 0 radical (unpaired) electrons. The number of rotatable bonds is 4. The molecule has 0 aliphatic heterocycles. The smallest absolute Gasteiger partial charge is 0.312 e. The molecule has 0 bridgehead atoms. The van der Waals surface area contributed by atoms with E-state index in [-0.39, 0.29) is 11.1 Å². The van der Waals surface area contributed by atoms with E-state index in [9.17, 15) is 25.3 Å². The predicted octanol–water partition coefficient (Wildman–Crippen LogP) is 4.26. The summed E-state index contributed by atoms with van der Waals surface area (Å²) in [5, 5.41) is 33.1. The van der Waals surface area contributed by atoms with E-state index < -0.39 is 22.3 Å². The van der Waals surface area contributed by atoms with Crippen LogP contribution in [0.2, 0.25) is 5.02 Å². The maximum atomic E-state index is 12.2. The largest absolute Gasteiger partial charge is 0.502 e. The Labute approximate surface area is 155 Å². The van der Waals surface area contributed by atoms with E-state index in [0.29, 0.717) is 15.2 Å². The highest BCUT2D eigenvalue weighted by Crippen LogP contribution is 2.34. The summed E-state index contributed by atoms with van der Waals surface area (Å²) in [6, 6.07) is 10.4. The molecule has 0 heterocycles. The van der Waals surface area contributed by atoms with E-state index in [1.807, 2.05) is 0 Å². The lowest BCUT2D eigenvalue weighted by Crippen LogP contribution is -2.13. The summed E-state index contributed by atoms with van der Waals surface area (Å²) >= 11 is 8.84. The number of nitro groups is 1. The second kappa shape index (κ2) is 7.79. The van der Waals surface area contributed by atoms with E-state index in [1.165, 1.54) is 6.07 Å². The van der Waals surface area contributed by atoms with Crippen molar-refractivity contribution in [2.24, 2.45) is 0 Å². The minimum absolute atomic E-state index is 0.0381. The summed E-state index contributed by atoms with van der Waals surface area (Å²) in [6.45, 7) is 0. The van der Waals surface area contributed by atoms with E-state index in [1.54, 1.807) is 30.3 Å². The number of nitrogens with zero attached hydrogens (tertiary/aromatic N) is 2. The van der Waals surface area contributed by atoms with Crippen molar-refractivity contribution in [3.8, 4) is 11.8 Å². The molecular formula is C16H9BrClN3O4. The molecule has 0 aromatic heterocycles. The Morgan fingerprint density at radius 1 is 1.36 bits per heavy atom. The summed E-state index contributed by atoms with van der Waals surface area (Å²) in [4.78, 5) is 22.4. The molecule has 0 saturated heterocycles. The topological polar surface area (TPSA) is 116 Å². The Kier molecular flexibility index (Phi) is 5.75. The fourth-order valence-corrected chi connectivity index (χ4v) is 2.48. The molecule has 9 heteroatoms. The SMILES string of the molecule is N#CC(=Cc1cc(Br)cc([N+](=O)[O-])c1O)C(=O)Nc1ccc(Cl)cc1. The van der Waals surface area contributed by atoms with Crippen LogP contribution in [0.15, 0.2) is 46.4 Å². The molecule has 0 aliphatic rings. The molecule has 2 N–H and O–H groups in total. The number of nitrogens with one attached hydrogen (secondary N) is 1. The van der Waals surface area contributed by atoms with E-state index in [2.05, 4.69) is 21.2 Å². The van der Waals surface area contributed by atoms with Gasteiger partial charge in [-0.25, -0.2) is 0 Å². The number of nitro benzene ring substituents is 1. The lowest BCUT2D eigenvalue weighted by molar-refractivity contribution is -0.385. The predicted molar refractivity (Wildman–Crippen MR) is 96.1 cm³/mol. The molecule has 0 fully saturated rings. The van der Waals surface area contributed by atoms with Crippen LogP contribution < -0.4 is 5.32 Å². The fraction of sp³-hybridized carbons (Fsp3) is 0. The van der Waals surface area contributed by atoms with Gasteiger partial charge in [-0.1, -0.05) is 27.5 Å². The molecule has 0 aliphatic carbocycles. The number of anilines is 1. The van der Waals surface area contributed by atoms with Crippen molar-refractivity contribution in [1.29, 1.82) is 5.26 Å². The van der Waals surface area contributed by atoms with Gasteiger partial charge in [0, 0.05) is 26.8 Å². The molecule has 2 rings (SSSR count). The summed E-state index contributed by atoms with van der Waals surface area (Å²) in [5.41, 5.74) is -0.502. The van der Waals surface area contributed by atoms with Crippen molar-refractivity contribution in [2.45, 2.75) is 0 Å². The lowest BCUT2D eigenvalue weighted by Gasteiger charge is -2.06. The molecule has 25 heavy (non-hydrogen) atoms. The number of hydrogen-bond acceptors (Lipinski definition) is 5. The Morgan fingerprint density at radius 2 is 2.00 bits per heavy atom. The van der Waals surface area contributed by atoms with Gasteiger partial charge in [0.25, 0.3) is 5.91 Å². The van der Waals surface area contributed by atoms with Gasteiger partial charge < -0.3 is 10.4 Å². The van der Waals surface area contributed by atoms with Gasteiger partial charge in [-0.05, 0) is 36.4 Å². The minimum atomic E-state index is -0.767. The van der Waals surface area contributed by atoms with Crippen molar-refractivity contribution in [3.63, 3.8) is 0 Å². The third kappa shape index (κ3) is 4.56. The molecule has 7 nitrogen and oxygen atoms in total. The molecule has 0 atom stereocenters. The standard InChI is InChI=1S/C16H9BrClN3O4/c17-11-6-9(15(22)14(7-11)21(24)25)5-10(8-19)16(23)20-13-3-1-12(18)2-4-13/h1-7,22H,(H,20,23). The molecule has 0 unspecified atom stereocenters. The van der Waals surface area contributed by atoms with Gasteiger partial charge >= 0.3 is 5.69 Å². The zero-order valence-electron chi connectivity index (χ0n) is 12.4. The third-order valence-electron chi connectivity index (χ3n) is 3.05. The fourth-order valence-electron chi connectivity index (χ4n) is 1.89. The second-order valence-electron chi connectivity index (χ2n) is 4.75. The Morgan fingerprint density at radius 3 is 2.56 bits per heavy atom. The maximum absolute atomic E-state index is 12.2. The number of amides is 1. The quantitative estimate of drug-likeness (QED) is 0.330. The zero-order chi connectivity index (χ0) is 18.6. The van der Waals surface area contributed by atoms with Gasteiger partial charge in [0.1, 0.15) is 11.6 Å². The second-order valence-corrected chi connectivity index (χ2v) is 6.10. The highest BCUT2D eigenvalue weighted by molar-refractivity contribution is 9.10. The number of hydrogen-bond donors (Lipinski definition) is 2. The molecule has 2 aromatic rings. The first-order valence-electron chi connectivity index (χ1n) is 6.67. The van der Waals surface area contributed by atoms with Crippen molar-refractivity contribution in [2.75, 3.05) is 5.32 Å². The van der Waals surface area contributed by atoms with Crippen LogP contribution in [-0.4, -0.2) is 15.9 Å². The maximum Gasteiger partial charge on any atom is 0.312 e. The summed E-state index contributed by atoms with van der Waals surface area (Å²) in [5.74, 6) is -1.37. The van der Waals surface area contributed by atoms with Crippen LogP contribution in [0.25, 0.3) is 6.08 Å². The number of carbonyl (C=O) groups is 1. The Hall–Kier alpha value is -2.89. The number of carbonyl (C=O) groups excluding carboxylic acids is 1. The van der Waals surface area contributed by atoms with E-state index >= 15 is 0 Å². The Balaban J connectivity index is 2.37. The monoisotopic (exact) mass is 421 g/mol. The van der Waals surface area contributed by atoms with Crippen molar-refractivity contribution in [3.05, 3.63) is 67.1 Å². The highest BCUT2D eigenvalue weighted by atomic mass is 79.9. The van der Waals surface area contributed by atoms with Crippen LogP contribution in [-0.2, 0) is 4.79 Å². The molecule has 2 aromatic carbocycles. The number of nitriles is 1. The lowest BCUT2D eigenvalue weighted by atomic mass is 10.1. The van der Waals surface area contributed by atoms with Crippen LogP contribution in [0.3, 0.4) is 0 Å². The van der Waals surface area contributed by atoms with Crippen LogP contribution in [0.4, 0.5) is 11.4 Å². The summed E-state index contributed by atoms with van der Waals surface area (Å²) in [7, 11) is 0.